The monoisotopic (exact) mass is 624 g/mol. The highest BCUT2D eigenvalue weighted by atomic mass is 35.5. The highest BCUT2D eigenvalue weighted by Crippen LogP contribution is 2.37. The molecule has 0 bridgehead atoms. The van der Waals surface area contributed by atoms with E-state index in [1.54, 1.807) is 18.9 Å². The molecule has 9 heteroatoms. The van der Waals surface area contributed by atoms with E-state index in [-0.39, 0.29) is 0 Å². The average Bonchev–Trinajstić information content (AvgIpc) is 3.73. The van der Waals surface area contributed by atoms with Crippen molar-refractivity contribution in [3.63, 3.8) is 0 Å². The lowest BCUT2D eigenvalue weighted by atomic mass is 9.99. The molecule has 46 heavy (non-hydrogen) atoms. The highest BCUT2D eigenvalue weighted by Gasteiger charge is 2.22. The van der Waals surface area contributed by atoms with Crippen LogP contribution >= 0.6 is 11.6 Å². The Kier molecular flexibility index (Phi) is 7.78. The minimum absolute atomic E-state index is 0.656. The molecule has 0 radical (unpaired) electrons. The van der Waals surface area contributed by atoms with Crippen molar-refractivity contribution in [2.45, 2.75) is 6.92 Å². The predicted octanol–water partition coefficient (Wildman–Crippen LogP) is 8.50. The summed E-state index contributed by atoms with van der Waals surface area (Å²) in [6, 6.07) is 37.5. The normalized spacial score (nSPS) is 11.0. The summed E-state index contributed by atoms with van der Waals surface area (Å²) in [5.74, 6) is 1.56. The fraction of sp³-hybridized carbons (Fsp3) is 0.0811. The Morgan fingerprint density at radius 3 is 1.78 bits per heavy atom. The van der Waals surface area contributed by atoms with Crippen LogP contribution in [0.4, 0.5) is 0 Å². The van der Waals surface area contributed by atoms with E-state index in [1.165, 1.54) is 0 Å². The van der Waals surface area contributed by atoms with Gasteiger partial charge in [0.05, 0.1) is 42.7 Å². The van der Waals surface area contributed by atoms with Gasteiger partial charge in [-0.2, -0.15) is 5.10 Å². The quantitative estimate of drug-likeness (QED) is 0.169. The second-order valence-corrected chi connectivity index (χ2v) is 11.1. The Morgan fingerprint density at radius 2 is 1.22 bits per heavy atom. The molecule has 3 heterocycles. The van der Waals surface area contributed by atoms with Gasteiger partial charge in [0.1, 0.15) is 22.9 Å². The summed E-state index contributed by atoms with van der Waals surface area (Å²) in [6.45, 7) is 1.99. The van der Waals surface area contributed by atoms with E-state index in [0.29, 0.717) is 16.4 Å². The first-order valence-electron chi connectivity index (χ1n) is 14.7. The van der Waals surface area contributed by atoms with Gasteiger partial charge in [-0.3, -0.25) is 0 Å². The van der Waals surface area contributed by atoms with Crippen molar-refractivity contribution in [2.75, 3.05) is 14.2 Å². The summed E-state index contributed by atoms with van der Waals surface area (Å²) in [6.07, 6.45) is 2.04. The van der Waals surface area contributed by atoms with E-state index >= 15 is 0 Å². The Morgan fingerprint density at radius 1 is 0.630 bits per heavy atom. The number of ether oxygens (including phenoxy) is 2. The van der Waals surface area contributed by atoms with Crippen molar-refractivity contribution in [3.8, 4) is 67.9 Å². The molecule has 0 fully saturated rings. The molecular formula is C37H29ClN6O2. The van der Waals surface area contributed by atoms with Crippen LogP contribution in [-0.4, -0.2) is 44.0 Å². The van der Waals surface area contributed by atoms with Gasteiger partial charge in [-0.1, -0.05) is 35.0 Å². The van der Waals surface area contributed by atoms with Crippen molar-refractivity contribution in [1.82, 2.24) is 29.8 Å². The molecule has 0 unspecified atom stereocenters. The number of pyridine rings is 1. The number of methoxy groups -OCH3 is 2. The second kappa shape index (κ2) is 12.3. The zero-order valence-electron chi connectivity index (χ0n) is 25.4. The number of aromatic nitrogens is 6. The maximum Gasteiger partial charge on any atom is 0.137 e. The van der Waals surface area contributed by atoms with E-state index in [4.69, 9.17) is 31.2 Å². The maximum atomic E-state index is 6.16. The lowest BCUT2D eigenvalue weighted by Crippen LogP contribution is -1.99. The van der Waals surface area contributed by atoms with Crippen molar-refractivity contribution >= 4 is 11.6 Å². The number of halogens is 1. The number of benzene rings is 4. The predicted molar refractivity (Wildman–Crippen MR) is 181 cm³/mol. The van der Waals surface area contributed by atoms with Crippen LogP contribution in [0.3, 0.4) is 0 Å². The van der Waals surface area contributed by atoms with Gasteiger partial charge in [-0.05, 0) is 110 Å². The standard InChI is InChI=1S/C37H29ClN6O2/c1-24-36(40-42-44(24)30-15-13-28(38)14-16-30)37-33(23-43(41-37)29-7-5-4-6-8-29)27-21-34(25-9-17-31(45-2)18-10-25)39-35(22-27)26-11-19-32(46-3)20-12-26/h4-23H,1-3H3. The van der Waals surface area contributed by atoms with Crippen molar-refractivity contribution in [2.24, 2.45) is 0 Å². The van der Waals surface area contributed by atoms with Crippen LogP contribution in [0.15, 0.2) is 121 Å². The van der Waals surface area contributed by atoms with Crippen LogP contribution in [0.5, 0.6) is 11.5 Å². The van der Waals surface area contributed by atoms with E-state index in [9.17, 15) is 0 Å². The number of rotatable bonds is 8. The topological polar surface area (TPSA) is 79.9 Å². The molecule has 0 amide bonds. The van der Waals surface area contributed by atoms with Crippen LogP contribution in [0.1, 0.15) is 5.69 Å². The third kappa shape index (κ3) is 5.62. The molecule has 0 aliphatic heterocycles. The molecule has 0 saturated heterocycles. The highest BCUT2D eigenvalue weighted by molar-refractivity contribution is 6.30. The van der Waals surface area contributed by atoms with Crippen LogP contribution in [-0.2, 0) is 0 Å². The lowest BCUT2D eigenvalue weighted by molar-refractivity contribution is 0.415. The van der Waals surface area contributed by atoms with Crippen LogP contribution in [0, 0.1) is 6.92 Å². The summed E-state index contributed by atoms with van der Waals surface area (Å²) < 4.78 is 14.5. The third-order valence-corrected chi connectivity index (χ3v) is 8.08. The zero-order valence-corrected chi connectivity index (χ0v) is 26.2. The largest absolute Gasteiger partial charge is 0.497 e. The van der Waals surface area contributed by atoms with Gasteiger partial charge in [0.2, 0.25) is 0 Å². The van der Waals surface area contributed by atoms with Gasteiger partial charge >= 0.3 is 0 Å². The van der Waals surface area contributed by atoms with Gasteiger partial charge in [0.25, 0.3) is 0 Å². The first-order valence-corrected chi connectivity index (χ1v) is 15.0. The molecule has 0 aliphatic rings. The molecule has 7 rings (SSSR count). The number of hydrogen-bond donors (Lipinski definition) is 0. The zero-order chi connectivity index (χ0) is 31.6. The van der Waals surface area contributed by atoms with E-state index < -0.39 is 0 Å². The van der Waals surface area contributed by atoms with E-state index in [2.05, 4.69) is 22.4 Å². The molecule has 0 atom stereocenters. The molecule has 8 nitrogen and oxygen atoms in total. The first-order chi connectivity index (χ1) is 22.5. The van der Waals surface area contributed by atoms with Crippen LogP contribution in [0.25, 0.3) is 56.4 Å². The fourth-order valence-corrected chi connectivity index (χ4v) is 5.48. The molecule has 0 aliphatic carbocycles. The van der Waals surface area contributed by atoms with Crippen molar-refractivity contribution < 1.29 is 9.47 Å². The van der Waals surface area contributed by atoms with Crippen molar-refractivity contribution in [1.29, 1.82) is 0 Å². The minimum Gasteiger partial charge on any atom is -0.497 e. The first kappa shape index (κ1) is 29.0. The summed E-state index contributed by atoms with van der Waals surface area (Å²) in [5.41, 5.74) is 9.38. The lowest BCUT2D eigenvalue weighted by Gasteiger charge is -2.11. The smallest absolute Gasteiger partial charge is 0.137 e. The van der Waals surface area contributed by atoms with Gasteiger partial charge in [0, 0.05) is 27.9 Å². The summed E-state index contributed by atoms with van der Waals surface area (Å²) in [5, 5.41) is 14.9. The molecule has 226 valence electrons. The summed E-state index contributed by atoms with van der Waals surface area (Å²) >= 11 is 6.16. The number of nitrogens with zero attached hydrogens (tertiary/aromatic N) is 6. The summed E-state index contributed by atoms with van der Waals surface area (Å²) in [7, 11) is 3.32. The Hall–Kier alpha value is -5.73. The molecule has 4 aromatic carbocycles. The Bertz CT molecular complexity index is 2060. The Balaban J connectivity index is 1.43. The summed E-state index contributed by atoms with van der Waals surface area (Å²) in [4.78, 5) is 5.09. The van der Waals surface area contributed by atoms with Gasteiger partial charge in [-0.25, -0.2) is 14.3 Å². The molecule has 3 aromatic heterocycles. The maximum absolute atomic E-state index is 6.16. The number of hydrogen-bond acceptors (Lipinski definition) is 6. The van der Waals surface area contributed by atoms with Crippen LogP contribution < -0.4 is 9.47 Å². The van der Waals surface area contributed by atoms with Gasteiger partial charge < -0.3 is 9.47 Å². The van der Waals surface area contributed by atoms with Crippen molar-refractivity contribution in [3.05, 3.63) is 132 Å². The Labute approximate surface area is 271 Å². The molecule has 0 N–H and O–H groups in total. The number of para-hydroxylation sites is 1. The minimum atomic E-state index is 0.656. The second-order valence-electron chi connectivity index (χ2n) is 10.7. The van der Waals surface area contributed by atoms with Gasteiger partial charge in [-0.15, -0.1) is 5.10 Å². The molecule has 0 saturated carbocycles. The molecule has 0 spiro atoms. The molecule has 7 aromatic rings. The third-order valence-electron chi connectivity index (χ3n) is 7.83. The van der Waals surface area contributed by atoms with E-state index in [0.717, 1.165) is 62.2 Å². The average molecular weight is 625 g/mol. The fourth-order valence-electron chi connectivity index (χ4n) is 5.35. The van der Waals surface area contributed by atoms with Gasteiger partial charge in [0.15, 0.2) is 0 Å². The van der Waals surface area contributed by atoms with Crippen LogP contribution in [0.2, 0.25) is 5.02 Å². The SMILES string of the molecule is COc1ccc(-c2cc(-c3cn(-c4ccccc4)nc3-c3nnn(-c4ccc(Cl)cc4)c3C)cc(-c3ccc(OC)cc3)n2)cc1. The molecular weight excluding hydrogens is 596 g/mol. The van der Waals surface area contributed by atoms with E-state index in [1.807, 2.05) is 121 Å².